The minimum atomic E-state index is 0.517. The summed E-state index contributed by atoms with van der Waals surface area (Å²) in [5, 5.41) is 15.1. The van der Waals surface area contributed by atoms with E-state index in [1.54, 1.807) is 0 Å². The summed E-state index contributed by atoms with van der Waals surface area (Å²) >= 11 is 0. The summed E-state index contributed by atoms with van der Waals surface area (Å²) in [6, 6.07) is 10.7. The smallest absolute Gasteiger partial charge is 0.0734 e. The zero-order valence-electron chi connectivity index (χ0n) is 13.5. The average molecular weight is 307 g/mol. The van der Waals surface area contributed by atoms with Crippen LogP contribution in [0, 0.1) is 6.92 Å². The summed E-state index contributed by atoms with van der Waals surface area (Å²) < 4.78 is 0. The number of rotatable bonds is 2. The van der Waals surface area contributed by atoms with E-state index < -0.39 is 0 Å². The molecule has 2 N–H and O–H groups in total. The van der Waals surface area contributed by atoms with Crippen molar-refractivity contribution < 1.29 is 10.2 Å². The van der Waals surface area contributed by atoms with Crippen LogP contribution in [-0.4, -0.2) is 29.4 Å². The Hall–Kier alpha value is -1.28. The molecule has 0 aliphatic carbocycles. The molecule has 4 heteroatoms. The summed E-state index contributed by atoms with van der Waals surface area (Å²) in [5.41, 5.74) is 4.94. The third-order valence-corrected chi connectivity index (χ3v) is 3.25. The minimum absolute atomic E-state index is 0.517. The first-order chi connectivity index (χ1) is 10.1. The maximum atomic E-state index is 7.00. The van der Waals surface area contributed by atoms with E-state index >= 15 is 0 Å². The minimum Gasteiger partial charge on any atom is -0.400 e. The van der Waals surface area contributed by atoms with E-state index in [0.717, 1.165) is 25.2 Å². The zero-order chi connectivity index (χ0) is 16.4. The van der Waals surface area contributed by atoms with Crippen molar-refractivity contribution in [2.75, 3.05) is 14.2 Å². The standard InChI is InChI=1S/C15H18NP.2CH4O/c1-10(2)13-6-4-5-7-14(13)15-11(3)8-12(17)9-16-15;2*1-2/h4-10H,17H2,1-3H3;2*2H,1H3. The van der Waals surface area contributed by atoms with Gasteiger partial charge in [-0.3, -0.25) is 4.98 Å². The third kappa shape index (κ3) is 5.55. The molecule has 0 aliphatic heterocycles. The first-order valence-corrected chi connectivity index (χ1v) is 7.38. The van der Waals surface area contributed by atoms with E-state index in [2.05, 4.69) is 65.3 Å². The molecule has 1 heterocycles. The normalized spacial score (nSPS) is 9.38. The monoisotopic (exact) mass is 307 g/mol. The van der Waals surface area contributed by atoms with Crippen LogP contribution in [-0.2, 0) is 0 Å². The van der Waals surface area contributed by atoms with Crippen LogP contribution in [0.25, 0.3) is 11.3 Å². The fourth-order valence-corrected chi connectivity index (χ4v) is 2.42. The van der Waals surface area contributed by atoms with E-state index in [1.165, 1.54) is 16.7 Å². The topological polar surface area (TPSA) is 53.4 Å². The molecule has 116 valence electrons. The Bertz CT molecular complexity index is 542. The van der Waals surface area contributed by atoms with Gasteiger partial charge in [0.05, 0.1) is 5.69 Å². The van der Waals surface area contributed by atoms with Crippen molar-refractivity contribution in [3.63, 3.8) is 0 Å². The van der Waals surface area contributed by atoms with Crippen molar-refractivity contribution in [3.05, 3.63) is 47.7 Å². The maximum Gasteiger partial charge on any atom is 0.0734 e. The van der Waals surface area contributed by atoms with Crippen molar-refractivity contribution in [1.82, 2.24) is 4.98 Å². The Morgan fingerprint density at radius 2 is 1.62 bits per heavy atom. The number of aliphatic hydroxyl groups excluding tert-OH is 2. The van der Waals surface area contributed by atoms with Crippen LogP contribution in [0.1, 0.15) is 30.9 Å². The summed E-state index contributed by atoms with van der Waals surface area (Å²) in [7, 11) is 4.69. The Morgan fingerprint density at radius 3 is 2.14 bits per heavy atom. The van der Waals surface area contributed by atoms with E-state index in [1.807, 2.05) is 6.20 Å². The molecular weight excluding hydrogens is 281 g/mol. The van der Waals surface area contributed by atoms with E-state index in [0.29, 0.717) is 5.92 Å². The molecule has 3 nitrogen and oxygen atoms in total. The van der Waals surface area contributed by atoms with Crippen LogP contribution >= 0.6 is 9.24 Å². The van der Waals surface area contributed by atoms with E-state index in [-0.39, 0.29) is 0 Å². The molecule has 1 aromatic heterocycles. The second-order valence-electron chi connectivity index (χ2n) is 4.68. The highest BCUT2D eigenvalue weighted by Crippen LogP contribution is 2.29. The molecule has 0 fully saturated rings. The molecule has 0 spiro atoms. The zero-order valence-corrected chi connectivity index (χ0v) is 14.6. The predicted molar refractivity (Wildman–Crippen MR) is 94.1 cm³/mol. The highest BCUT2D eigenvalue weighted by atomic mass is 31.0. The molecule has 0 radical (unpaired) electrons. The third-order valence-electron chi connectivity index (χ3n) is 2.94. The molecule has 0 aliphatic rings. The van der Waals surface area contributed by atoms with Gasteiger partial charge in [-0.15, -0.1) is 9.24 Å². The van der Waals surface area contributed by atoms with Crippen LogP contribution in [0.3, 0.4) is 0 Å². The Balaban J connectivity index is 0.000000921. The lowest BCUT2D eigenvalue weighted by atomic mass is 9.93. The average Bonchev–Trinajstić information content (AvgIpc) is 2.51. The van der Waals surface area contributed by atoms with Crippen LogP contribution in [0.15, 0.2) is 36.5 Å². The first-order valence-electron chi connectivity index (χ1n) is 6.80. The van der Waals surface area contributed by atoms with Crippen molar-refractivity contribution in [3.8, 4) is 11.3 Å². The van der Waals surface area contributed by atoms with Gasteiger partial charge in [0.15, 0.2) is 0 Å². The predicted octanol–water partition coefficient (Wildman–Crippen LogP) is 2.90. The lowest BCUT2D eigenvalue weighted by molar-refractivity contribution is 0.399. The molecule has 2 rings (SSSR count). The number of hydrogen-bond acceptors (Lipinski definition) is 3. The second kappa shape index (κ2) is 10.4. The first kappa shape index (κ1) is 19.7. The number of pyridine rings is 1. The van der Waals surface area contributed by atoms with Crippen LogP contribution in [0.5, 0.6) is 0 Å². The fraction of sp³-hybridized carbons (Fsp3) is 0.353. The number of nitrogens with zero attached hydrogens (tertiary/aromatic N) is 1. The molecule has 2 aromatic rings. The Labute approximate surface area is 130 Å². The molecule has 1 aromatic carbocycles. The van der Waals surface area contributed by atoms with Crippen LogP contribution < -0.4 is 5.30 Å². The lowest BCUT2D eigenvalue weighted by Gasteiger charge is -2.14. The highest BCUT2D eigenvalue weighted by molar-refractivity contribution is 7.27. The Kier molecular flexibility index (Phi) is 9.81. The number of benzene rings is 1. The van der Waals surface area contributed by atoms with Gasteiger partial charge < -0.3 is 10.2 Å². The fourth-order valence-electron chi connectivity index (χ4n) is 2.09. The highest BCUT2D eigenvalue weighted by Gasteiger charge is 2.10. The lowest BCUT2D eigenvalue weighted by Crippen LogP contribution is -2.00. The molecule has 0 saturated carbocycles. The molecule has 0 amide bonds. The molecule has 0 saturated heterocycles. The van der Waals surface area contributed by atoms with Gasteiger partial charge in [0.2, 0.25) is 0 Å². The van der Waals surface area contributed by atoms with Gasteiger partial charge in [-0.1, -0.05) is 38.1 Å². The summed E-state index contributed by atoms with van der Waals surface area (Å²) in [4.78, 5) is 4.57. The van der Waals surface area contributed by atoms with Crippen molar-refractivity contribution in [2.24, 2.45) is 0 Å². The number of aryl methyl sites for hydroxylation is 1. The quantitative estimate of drug-likeness (QED) is 0.839. The molecule has 1 unspecified atom stereocenters. The van der Waals surface area contributed by atoms with Gasteiger partial charge in [0, 0.05) is 26.0 Å². The van der Waals surface area contributed by atoms with Gasteiger partial charge in [-0.2, -0.15) is 0 Å². The second-order valence-corrected chi connectivity index (χ2v) is 5.34. The van der Waals surface area contributed by atoms with Crippen molar-refractivity contribution in [1.29, 1.82) is 0 Å². The van der Waals surface area contributed by atoms with Gasteiger partial charge >= 0.3 is 0 Å². The van der Waals surface area contributed by atoms with E-state index in [4.69, 9.17) is 10.2 Å². The number of aromatic nitrogens is 1. The molecule has 1 atom stereocenters. The molecule has 0 bridgehead atoms. The maximum absolute atomic E-state index is 7.00. The Morgan fingerprint density at radius 1 is 1.05 bits per heavy atom. The van der Waals surface area contributed by atoms with Crippen LogP contribution in [0.4, 0.5) is 0 Å². The largest absolute Gasteiger partial charge is 0.400 e. The number of hydrogen-bond donors (Lipinski definition) is 2. The van der Waals surface area contributed by atoms with Gasteiger partial charge in [0.1, 0.15) is 0 Å². The van der Waals surface area contributed by atoms with Crippen molar-refractivity contribution >= 4 is 14.5 Å². The summed E-state index contributed by atoms with van der Waals surface area (Å²) in [5.74, 6) is 0.517. The van der Waals surface area contributed by atoms with Crippen molar-refractivity contribution in [2.45, 2.75) is 26.7 Å². The SMILES string of the molecule is CO.CO.Cc1cc(P)cnc1-c1ccccc1C(C)C. The van der Waals surface area contributed by atoms with Gasteiger partial charge in [-0.05, 0) is 35.3 Å². The number of aliphatic hydroxyl groups is 2. The summed E-state index contributed by atoms with van der Waals surface area (Å²) in [6.07, 6.45) is 1.91. The van der Waals surface area contributed by atoms with Crippen LogP contribution in [0.2, 0.25) is 0 Å². The molecule has 21 heavy (non-hydrogen) atoms. The van der Waals surface area contributed by atoms with Gasteiger partial charge in [-0.25, -0.2) is 0 Å². The molecular formula is C17H26NO2P. The van der Waals surface area contributed by atoms with E-state index in [9.17, 15) is 0 Å². The summed E-state index contributed by atoms with van der Waals surface area (Å²) in [6.45, 7) is 6.56. The van der Waals surface area contributed by atoms with Gasteiger partial charge in [0.25, 0.3) is 0 Å².